The summed E-state index contributed by atoms with van der Waals surface area (Å²) >= 11 is 0. The van der Waals surface area contributed by atoms with Gasteiger partial charge < -0.3 is 0 Å². The Balaban J connectivity index is 1.67. The molecule has 0 radical (unpaired) electrons. The van der Waals surface area contributed by atoms with E-state index < -0.39 is 0 Å². The van der Waals surface area contributed by atoms with Crippen molar-refractivity contribution in [3.63, 3.8) is 0 Å². The van der Waals surface area contributed by atoms with Crippen LogP contribution >= 0.6 is 0 Å². The van der Waals surface area contributed by atoms with Crippen LogP contribution in [0.4, 0.5) is 0 Å². The highest BCUT2D eigenvalue weighted by Gasteiger charge is 2.24. The molecule has 0 fully saturated rings. The molecule has 6 aromatic rings. The van der Waals surface area contributed by atoms with Crippen molar-refractivity contribution in [1.82, 2.24) is 9.97 Å². The van der Waals surface area contributed by atoms with Gasteiger partial charge in [-0.05, 0) is 41.8 Å². The van der Waals surface area contributed by atoms with Crippen LogP contribution in [0.3, 0.4) is 0 Å². The third-order valence-corrected chi connectivity index (χ3v) is 7.55. The summed E-state index contributed by atoms with van der Waals surface area (Å²) in [6, 6.07) is 34.7. The molecule has 0 spiro atoms. The number of hydrogen-bond acceptors (Lipinski definition) is 2. The second kappa shape index (κ2) is 10.1. The minimum atomic E-state index is 0.252. The van der Waals surface area contributed by atoms with E-state index in [0.29, 0.717) is 0 Å². The van der Waals surface area contributed by atoms with E-state index in [1.54, 1.807) is 0 Å². The second-order valence-corrected chi connectivity index (χ2v) is 9.88. The van der Waals surface area contributed by atoms with Gasteiger partial charge in [0.05, 0.1) is 22.1 Å². The van der Waals surface area contributed by atoms with Gasteiger partial charge in [-0.25, -0.2) is 9.97 Å². The normalized spacial score (nSPS) is 11.8. The monoisotopic (exact) mass is 468 g/mol. The maximum absolute atomic E-state index is 5.05. The van der Waals surface area contributed by atoms with Crippen molar-refractivity contribution < 1.29 is 0 Å². The molecule has 2 aromatic heterocycles. The zero-order valence-electron chi connectivity index (χ0n) is 21.0. The molecule has 178 valence electrons. The van der Waals surface area contributed by atoms with Gasteiger partial charge in [0.25, 0.3) is 0 Å². The first-order chi connectivity index (χ1) is 17.8. The summed E-state index contributed by atoms with van der Waals surface area (Å²) in [4.78, 5) is 10.1. The third-order valence-electron chi connectivity index (χ3n) is 7.55. The fraction of sp³-hybridized carbons (Fsp3) is 0.235. The number of aromatic nitrogens is 2. The van der Waals surface area contributed by atoms with Gasteiger partial charge in [0.1, 0.15) is 0 Å². The van der Waals surface area contributed by atoms with Crippen LogP contribution in [-0.4, -0.2) is 9.97 Å². The summed E-state index contributed by atoms with van der Waals surface area (Å²) in [6.45, 7) is 2.29. The number of nitrogens with zero attached hydrogens (tertiary/aromatic N) is 2. The Hall–Kier alpha value is -3.78. The Bertz CT molecular complexity index is 1440. The summed E-state index contributed by atoms with van der Waals surface area (Å²) in [5, 5.41) is 5.05. The first-order valence-electron chi connectivity index (χ1n) is 13.4. The molecule has 2 heterocycles. The van der Waals surface area contributed by atoms with Crippen LogP contribution in [0.2, 0.25) is 0 Å². The topological polar surface area (TPSA) is 25.8 Å². The molecule has 0 amide bonds. The third kappa shape index (κ3) is 4.11. The van der Waals surface area contributed by atoms with Crippen LogP contribution in [0.5, 0.6) is 0 Å². The molecule has 0 N–H and O–H groups in total. The largest absolute Gasteiger partial charge is 0.248 e. The average Bonchev–Trinajstić information content (AvgIpc) is 2.93. The van der Waals surface area contributed by atoms with Crippen molar-refractivity contribution in [2.24, 2.45) is 0 Å². The van der Waals surface area contributed by atoms with Gasteiger partial charge in [-0.15, -0.1) is 0 Å². The lowest BCUT2D eigenvalue weighted by molar-refractivity contribution is 0.585. The lowest BCUT2D eigenvalue weighted by atomic mass is 9.80. The van der Waals surface area contributed by atoms with Crippen LogP contribution in [0.15, 0.2) is 97.1 Å². The van der Waals surface area contributed by atoms with Gasteiger partial charge in [-0.1, -0.05) is 112 Å². The number of hydrogen-bond donors (Lipinski definition) is 0. The quantitative estimate of drug-likeness (QED) is 0.164. The lowest BCUT2D eigenvalue weighted by Gasteiger charge is -2.25. The SMILES string of the molecule is CCCCCCCC(c1c2ccccc2nc2ccccc12)c1c2ccccc2nc2ccccc12. The van der Waals surface area contributed by atoms with Gasteiger partial charge in [0, 0.05) is 27.5 Å². The summed E-state index contributed by atoms with van der Waals surface area (Å²) < 4.78 is 0. The zero-order valence-corrected chi connectivity index (χ0v) is 21.0. The maximum Gasteiger partial charge on any atom is 0.0712 e. The molecule has 0 aliphatic carbocycles. The standard InChI is InChI=1S/C34H32N2/c1-2-3-4-5-6-19-28(33-24-15-7-11-20-29(24)35-30-21-12-8-16-25(30)33)34-26-17-9-13-22-31(26)36-32-23-14-10-18-27(32)34/h7-18,20-23,28H,2-6,19H2,1H3. The molecule has 0 unspecified atom stereocenters. The molecule has 0 saturated carbocycles. The van der Waals surface area contributed by atoms with Crippen molar-refractivity contribution in [2.75, 3.05) is 0 Å². The summed E-state index contributed by atoms with van der Waals surface area (Å²) in [6.07, 6.45) is 7.47. The van der Waals surface area contributed by atoms with Crippen LogP contribution in [-0.2, 0) is 0 Å². The van der Waals surface area contributed by atoms with E-state index in [-0.39, 0.29) is 5.92 Å². The number of para-hydroxylation sites is 4. The van der Waals surface area contributed by atoms with Crippen molar-refractivity contribution in [2.45, 2.75) is 51.4 Å². The molecule has 0 saturated heterocycles. The molecular formula is C34H32N2. The van der Waals surface area contributed by atoms with E-state index in [1.165, 1.54) is 64.8 Å². The number of unbranched alkanes of at least 4 members (excludes halogenated alkanes) is 4. The Kier molecular flexibility index (Phi) is 6.34. The van der Waals surface area contributed by atoms with E-state index in [1.807, 2.05) is 0 Å². The van der Waals surface area contributed by atoms with E-state index >= 15 is 0 Å². The number of fused-ring (bicyclic) bond motifs is 4. The Labute approximate surface area is 213 Å². The summed E-state index contributed by atoms with van der Waals surface area (Å²) in [5.74, 6) is 0.252. The minimum Gasteiger partial charge on any atom is -0.248 e. The van der Waals surface area contributed by atoms with E-state index in [2.05, 4.69) is 104 Å². The van der Waals surface area contributed by atoms with Crippen molar-refractivity contribution >= 4 is 43.6 Å². The molecule has 36 heavy (non-hydrogen) atoms. The predicted molar refractivity (Wildman–Crippen MR) is 154 cm³/mol. The molecule has 0 bridgehead atoms. The number of rotatable bonds is 8. The van der Waals surface area contributed by atoms with Crippen LogP contribution in [0.25, 0.3) is 43.6 Å². The number of benzene rings is 4. The highest BCUT2D eigenvalue weighted by atomic mass is 14.7. The smallest absolute Gasteiger partial charge is 0.0712 e. The highest BCUT2D eigenvalue weighted by molar-refractivity contribution is 6.03. The van der Waals surface area contributed by atoms with Crippen molar-refractivity contribution in [3.05, 3.63) is 108 Å². The van der Waals surface area contributed by atoms with E-state index in [0.717, 1.165) is 28.5 Å². The Morgan fingerprint density at radius 3 is 1.22 bits per heavy atom. The zero-order chi connectivity index (χ0) is 24.3. The molecule has 4 aromatic carbocycles. The van der Waals surface area contributed by atoms with Crippen molar-refractivity contribution in [3.8, 4) is 0 Å². The fourth-order valence-electron chi connectivity index (χ4n) is 5.88. The van der Waals surface area contributed by atoms with Gasteiger partial charge >= 0.3 is 0 Å². The molecule has 2 heteroatoms. The maximum atomic E-state index is 5.05. The van der Waals surface area contributed by atoms with Crippen LogP contribution < -0.4 is 0 Å². The van der Waals surface area contributed by atoms with Crippen molar-refractivity contribution in [1.29, 1.82) is 0 Å². The molecule has 0 aliphatic heterocycles. The van der Waals surface area contributed by atoms with Gasteiger partial charge in [0.15, 0.2) is 0 Å². The average molecular weight is 469 g/mol. The molecule has 6 rings (SSSR count). The van der Waals surface area contributed by atoms with Crippen LogP contribution in [0, 0.1) is 0 Å². The summed E-state index contributed by atoms with van der Waals surface area (Å²) in [7, 11) is 0. The summed E-state index contributed by atoms with van der Waals surface area (Å²) in [5.41, 5.74) is 7.12. The van der Waals surface area contributed by atoms with Gasteiger partial charge in [-0.2, -0.15) is 0 Å². The predicted octanol–water partition coefficient (Wildman–Crippen LogP) is 9.58. The van der Waals surface area contributed by atoms with Gasteiger partial charge in [-0.3, -0.25) is 0 Å². The molecule has 0 atom stereocenters. The number of pyridine rings is 2. The first kappa shape index (κ1) is 22.7. The second-order valence-electron chi connectivity index (χ2n) is 9.88. The molecule has 0 aliphatic rings. The van der Waals surface area contributed by atoms with E-state index in [4.69, 9.17) is 9.97 Å². The fourth-order valence-corrected chi connectivity index (χ4v) is 5.88. The Morgan fingerprint density at radius 2 is 0.833 bits per heavy atom. The molecular weight excluding hydrogens is 436 g/mol. The lowest BCUT2D eigenvalue weighted by Crippen LogP contribution is -2.07. The van der Waals surface area contributed by atoms with Gasteiger partial charge in [0.2, 0.25) is 0 Å². The van der Waals surface area contributed by atoms with E-state index in [9.17, 15) is 0 Å². The highest BCUT2D eigenvalue weighted by Crippen LogP contribution is 2.43. The first-order valence-corrected chi connectivity index (χ1v) is 13.4. The molecule has 2 nitrogen and oxygen atoms in total. The Morgan fingerprint density at radius 1 is 0.472 bits per heavy atom. The minimum absolute atomic E-state index is 0.252. The van der Waals surface area contributed by atoms with Crippen LogP contribution in [0.1, 0.15) is 62.5 Å².